The Morgan fingerprint density at radius 3 is 2.58 bits per heavy atom. The fraction of sp³-hybridized carbons (Fsp3) is 0.0870. The van der Waals surface area contributed by atoms with Gasteiger partial charge in [0.15, 0.2) is 0 Å². The smallest absolute Gasteiger partial charge is 0.335 e. The Labute approximate surface area is 187 Å². The van der Waals surface area contributed by atoms with Gasteiger partial charge in [0.25, 0.3) is 11.1 Å². The number of aromatic carboxylic acids is 1. The molecule has 1 fully saturated rings. The first kappa shape index (κ1) is 21.0. The number of nitrogens with zero attached hydrogens (tertiary/aromatic N) is 1. The summed E-state index contributed by atoms with van der Waals surface area (Å²) in [5.74, 6) is -0.547. The van der Waals surface area contributed by atoms with Crippen molar-refractivity contribution in [2.45, 2.75) is 13.5 Å². The van der Waals surface area contributed by atoms with E-state index in [0.29, 0.717) is 22.1 Å². The fourth-order valence-corrected chi connectivity index (χ4v) is 4.08. The molecule has 1 aliphatic heterocycles. The van der Waals surface area contributed by atoms with Crippen molar-refractivity contribution in [1.82, 2.24) is 4.90 Å². The second-order valence-corrected chi connectivity index (χ2v) is 8.36. The van der Waals surface area contributed by atoms with Crippen molar-refractivity contribution >= 4 is 46.6 Å². The van der Waals surface area contributed by atoms with Gasteiger partial charge in [-0.15, -0.1) is 0 Å². The molecule has 156 valence electrons. The number of carboxylic acids is 1. The molecule has 8 heteroatoms. The minimum Gasteiger partial charge on any atom is -0.478 e. The zero-order valence-electron chi connectivity index (χ0n) is 16.3. The first-order chi connectivity index (χ1) is 14.8. The third-order valence-corrected chi connectivity index (χ3v) is 5.94. The van der Waals surface area contributed by atoms with Crippen LogP contribution in [0.15, 0.2) is 63.9 Å². The number of amides is 2. The molecular weight excluding hydrogens is 438 g/mol. The number of hydrogen-bond acceptors (Lipinski definition) is 5. The monoisotopic (exact) mass is 453 g/mol. The largest absolute Gasteiger partial charge is 0.478 e. The Morgan fingerprint density at radius 2 is 1.87 bits per heavy atom. The number of carboxylic acid groups (broad SMARTS) is 1. The van der Waals surface area contributed by atoms with E-state index in [1.807, 2.05) is 6.92 Å². The minimum atomic E-state index is -1.03. The van der Waals surface area contributed by atoms with Gasteiger partial charge in [0.05, 0.1) is 17.0 Å². The summed E-state index contributed by atoms with van der Waals surface area (Å²) >= 11 is 6.73. The van der Waals surface area contributed by atoms with Crippen molar-refractivity contribution in [3.63, 3.8) is 0 Å². The SMILES string of the molecule is Cc1ccc(C(=O)O)cc1-c1ccc(/C=C2\SC(=O)N(Cc3ccc(Cl)cc3)C2=O)o1. The molecule has 0 saturated carbocycles. The van der Waals surface area contributed by atoms with Crippen LogP contribution in [-0.4, -0.2) is 27.1 Å². The lowest BCUT2D eigenvalue weighted by atomic mass is 10.0. The maximum Gasteiger partial charge on any atom is 0.335 e. The number of imide groups is 1. The molecule has 4 rings (SSSR count). The summed E-state index contributed by atoms with van der Waals surface area (Å²) in [6.45, 7) is 2.01. The molecule has 1 saturated heterocycles. The summed E-state index contributed by atoms with van der Waals surface area (Å²) in [6, 6.07) is 15.1. The molecule has 6 nitrogen and oxygen atoms in total. The van der Waals surface area contributed by atoms with Crippen LogP contribution in [0.3, 0.4) is 0 Å². The zero-order chi connectivity index (χ0) is 22.1. The van der Waals surface area contributed by atoms with Crippen molar-refractivity contribution in [2.75, 3.05) is 0 Å². The normalized spacial score (nSPS) is 15.2. The van der Waals surface area contributed by atoms with Gasteiger partial charge < -0.3 is 9.52 Å². The van der Waals surface area contributed by atoms with E-state index in [0.717, 1.165) is 22.9 Å². The predicted molar refractivity (Wildman–Crippen MR) is 119 cm³/mol. The zero-order valence-corrected chi connectivity index (χ0v) is 17.9. The van der Waals surface area contributed by atoms with Crippen LogP contribution in [0.25, 0.3) is 17.4 Å². The quantitative estimate of drug-likeness (QED) is 0.488. The highest BCUT2D eigenvalue weighted by atomic mass is 35.5. The van der Waals surface area contributed by atoms with Gasteiger partial charge in [0, 0.05) is 16.7 Å². The third kappa shape index (κ3) is 4.42. The third-order valence-electron chi connectivity index (χ3n) is 4.78. The molecule has 0 bridgehead atoms. The average Bonchev–Trinajstić information content (AvgIpc) is 3.30. The minimum absolute atomic E-state index is 0.155. The molecule has 2 heterocycles. The van der Waals surface area contributed by atoms with Crippen molar-refractivity contribution in [1.29, 1.82) is 0 Å². The van der Waals surface area contributed by atoms with E-state index in [1.165, 1.54) is 17.0 Å². The van der Waals surface area contributed by atoms with Gasteiger partial charge in [0.1, 0.15) is 11.5 Å². The maximum atomic E-state index is 12.7. The second kappa shape index (κ2) is 8.45. The van der Waals surface area contributed by atoms with Crippen LogP contribution in [0, 0.1) is 6.92 Å². The van der Waals surface area contributed by atoms with Crippen LogP contribution in [0.5, 0.6) is 0 Å². The molecule has 0 unspecified atom stereocenters. The number of aryl methyl sites for hydroxylation is 1. The molecule has 1 aromatic heterocycles. The number of rotatable bonds is 5. The van der Waals surface area contributed by atoms with Gasteiger partial charge >= 0.3 is 5.97 Å². The summed E-state index contributed by atoms with van der Waals surface area (Å²) < 4.78 is 5.82. The molecule has 0 spiro atoms. The Kier molecular flexibility index (Phi) is 5.71. The highest BCUT2D eigenvalue weighted by Gasteiger charge is 2.35. The molecule has 31 heavy (non-hydrogen) atoms. The Hall–Kier alpha value is -3.29. The van der Waals surface area contributed by atoms with E-state index in [9.17, 15) is 19.5 Å². The number of thioether (sulfide) groups is 1. The van der Waals surface area contributed by atoms with Crippen molar-refractivity contribution < 1.29 is 23.9 Å². The topological polar surface area (TPSA) is 87.8 Å². The molecule has 1 aliphatic rings. The van der Waals surface area contributed by atoms with Gasteiger partial charge in [-0.3, -0.25) is 14.5 Å². The summed E-state index contributed by atoms with van der Waals surface area (Å²) in [5, 5.41) is 9.44. The van der Waals surface area contributed by atoms with Crippen molar-refractivity contribution in [3.8, 4) is 11.3 Å². The van der Waals surface area contributed by atoms with E-state index in [1.54, 1.807) is 48.5 Å². The number of halogens is 1. The van der Waals surface area contributed by atoms with E-state index in [2.05, 4.69) is 0 Å². The van der Waals surface area contributed by atoms with Crippen LogP contribution in [0.4, 0.5) is 4.79 Å². The Morgan fingerprint density at radius 1 is 1.13 bits per heavy atom. The molecule has 1 N–H and O–H groups in total. The summed E-state index contributed by atoms with van der Waals surface area (Å²) in [4.78, 5) is 37.8. The van der Waals surface area contributed by atoms with E-state index < -0.39 is 11.9 Å². The summed E-state index contributed by atoms with van der Waals surface area (Å²) in [7, 11) is 0. The molecule has 0 atom stereocenters. The van der Waals surface area contributed by atoms with E-state index >= 15 is 0 Å². The summed E-state index contributed by atoms with van der Waals surface area (Å²) in [6.07, 6.45) is 1.52. The average molecular weight is 454 g/mol. The lowest BCUT2D eigenvalue weighted by Gasteiger charge is -2.12. The summed E-state index contributed by atoms with van der Waals surface area (Å²) in [5.41, 5.74) is 2.45. The van der Waals surface area contributed by atoms with Gasteiger partial charge in [-0.1, -0.05) is 29.8 Å². The van der Waals surface area contributed by atoms with Crippen molar-refractivity contribution in [3.05, 3.63) is 87.0 Å². The van der Waals surface area contributed by atoms with Crippen LogP contribution in [0.1, 0.15) is 27.2 Å². The molecule has 0 aliphatic carbocycles. The first-order valence-corrected chi connectivity index (χ1v) is 10.5. The van der Waals surface area contributed by atoms with Crippen molar-refractivity contribution in [2.24, 2.45) is 0 Å². The van der Waals surface area contributed by atoms with Crippen LogP contribution >= 0.6 is 23.4 Å². The number of hydrogen-bond donors (Lipinski definition) is 1. The number of carbonyl (C=O) groups excluding carboxylic acids is 2. The lowest BCUT2D eigenvalue weighted by molar-refractivity contribution is -0.123. The first-order valence-electron chi connectivity index (χ1n) is 9.26. The Bertz CT molecular complexity index is 1230. The van der Waals surface area contributed by atoms with Gasteiger partial charge in [0.2, 0.25) is 0 Å². The molecule has 3 aromatic rings. The van der Waals surface area contributed by atoms with E-state index in [-0.39, 0.29) is 22.3 Å². The van der Waals surface area contributed by atoms with E-state index in [4.69, 9.17) is 16.0 Å². The van der Waals surface area contributed by atoms with Crippen LogP contribution < -0.4 is 0 Å². The number of benzene rings is 2. The highest BCUT2D eigenvalue weighted by molar-refractivity contribution is 8.18. The van der Waals surface area contributed by atoms with Gasteiger partial charge in [-0.05, 0) is 66.2 Å². The standard InChI is InChI=1S/C23H16ClNO5S/c1-13-2-5-15(22(27)28)10-18(13)19-9-8-17(30-19)11-20-21(26)25(23(29)31-20)12-14-3-6-16(24)7-4-14/h2-11H,12H2,1H3,(H,27,28)/b20-11-. The maximum absolute atomic E-state index is 12.7. The second-order valence-electron chi connectivity index (χ2n) is 6.93. The molecule has 2 aromatic carbocycles. The molecular formula is C23H16ClNO5S. The Balaban J connectivity index is 1.56. The predicted octanol–water partition coefficient (Wildman–Crippen LogP) is 5.84. The highest BCUT2D eigenvalue weighted by Crippen LogP contribution is 2.35. The lowest BCUT2D eigenvalue weighted by Crippen LogP contribution is -2.27. The number of furan rings is 1. The van der Waals surface area contributed by atoms with Gasteiger partial charge in [-0.25, -0.2) is 4.79 Å². The fourth-order valence-electron chi connectivity index (χ4n) is 3.13. The molecule has 0 radical (unpaired) electrons. The molecule has 2 amide bonds. The number of carbonyl (C=O) groups is 3. The van der Waals surface area contributed by atoms with Crippen LogP contribution in [0.2, 0.25) is 5.02 Å². The van der Waals surface area contributed by atoms with Crippen LogP contribution in [-0.2, 0) is 11.3 Å². The van der Waals surface area contributed by atoms with Gasteiger partial charge in [-0.2, -0.15) is 0 Å².